The molecule has 0 amide bonds. The summed E-state index contributed by atoms with van der Waals surface area (Å²) in [6, 6.07) is 16.8. The standard InChI is InChI=1S/C18H20N4O2S2/c1-26(23,24)16-9-7-14(8-10-16)13-25-18-21-20-17(22(18)12-11-19)15-5-3-2-4-6-15/h2-10H,11-13,19H2,1H3. The molecule has 0 bridgehead atoms. The first-order chi connectivity index (χ1) is 12.5. The monoisotopic (exact) mass is 388 g/mol. The van der Waals surface area contributed by atoms with E-state index in [2.05, 4.69) is 10.2 Å². The van der Waals surface area contributed by atoms with Gasteiger partial charge in [0.1, 0.15) is 0 Å². The molecule has 0 aliphatic rings. The van der Waals surface area contributed by atoms with Crippen LogP contribution in [-0.4, -0.2) is 36.0 Å². The topological polar surface area (TPSA) is 90.9 Å². The molecule has 0 radical (unpaired) electrons. The normalized spacial score (nSPS) is 11.6. The summed E-state index contributed by atoms with van der Waals surface area (Å²) < 4.78 is 25.1. The van der Waals surface area contributed by atoms with Gasteiger partial charge in [0.15, 0.2) is 20.8 Å². The molecule has 26 heavy (non-hydrogen) atoms. The third kappa shape index (κ3) is 4.32. The van der Waals surface area contributed by atoms with Gasteiger partial charge in [0.2, 0.25) is 0 Å². The molecule has 0 unspecified atom stereocenters. The molecule has 8 heteroatoms. The summed E-state index contributed by atoms with van der Waals surface area (Å²) in [6.45, 7) is 1.13. The first kappa shape index (κ1) is 18.6. The fraction of sp³-hybridized carbons (Fsp3) is 0.222. The van der Waals surface area contributed by atoms with Crippen molar-refractivity contribution in [2.24, 2.45) is 5.73 Å². The van der Waals surface area contributed by atoms with Crippen LogP contribution in [0.4, 0.5) is 0 Å². The number of sulfone groups is 1. The Balaban J connectivity index is 1.79. The number of hydrogen-bond acceptors (Lipinski definition) is 6. The van der Waals surface area contributed by atoms with Crippen LogP contribution < -0.4 is 5.73 Å². The lowest BCUT2D eigenvalue weighted by molar-refractivity contribution is 0.602. The van der Waals surface area contributed by atoms with Crippen molar-refractivity contribution in [3.63, 3.8) is 0 Å². The number of aromatic nitrogens is 3. The number of benzene rings is 2. The predicted octanol–water partition coefficient (Wildman–Crippen LogP) is 2.60. The summed E-state index contributed by atoms with van der Waals surface area (Å²) in [7, 11) is -3.18. The van der Waals surface area contributed by atoms with Gasteiger partial charge in [0, 0.05) is 30.7 Å². The second-order valence-electron chi connectivity index (χ2n) is 5.82. The number of nitrogens with zero attached hydrogens (tertiary/aromatic N) is 3. The van der Waals surface area contributed by atoms with Crippen molar-refractivity contribution < 1.29 is 8.42 Å². The van der Waals surface area contributed by atoms with Crippen LogP contribution in [0.1, 0.15) is 5.56 Å². The van der Waals surface area contributed by atoms with E-state index in [4.69, 9.17) is 5.73 Å². The van der Waals surface area contributed by atoms with E-state index in [1.807, 2.05) is 47.0 Å². The van der Waals surface area contributed by atoms with E-state index in [1.54, 1.807) is 23.9 Å². The van der Waals surface area contributed by atoms with Crippen molar-refractivity contribution in [1.82, 2.24) is 14.8 Å². The molecule has 6 nitrogen and oxygen atoms in total. The first-order valence-electron chi connectivity index (χ1n) is 8.09. The zero-order valence-electron chi connectivity index (χ0n) is 14.4. The number of hydrogen-bond donors (Lipinski definition) is 1. The predicted molar refractivity (Wildman–Crippen MR) is 104 cm³/mol. The molecule has 2 N–H and O–H groups in total. The molecule has 0 saturated carbocycles. The highest BCUT2D eigenvalue weighted by molar-refractivity contribution is 7.98. The summed E-state index contributed by atoms with van der Waals surface area (Å²) in [5.74, 6) is 1.47. The maximum Gasteiger partial charge on any atom is 0.191 e. The van der Waals surface area contributed by atoms with Gasteiger partial charge in [-0.25, -0.2) is 8.42 Å². The molecule has 0 aliphatic carbocycles. The summed E-state index contributed by atoms with van der Waals surface area (Å²) in [5.41, 5.74) is 7.78. The highest BCUT2D eigenvalue weighted by Crippen LogP contribution is 2.26. The van der Waals surface area contributed by atoms with Crippen LogP contribution >= 0.6 is 11.8 Å². The van der Waals surface area contributed by atoms with Crippen LogP contribution in [0.2, 0.25) is 0 Å². The van der Waals surface area contributed by atoms with Crippen molar-refractivity contribution >= 4 is 21.6 Å². The lowest BCUT2D eigenvalue weighted by Gasteiger charge is -2.09. The van der Waals surface area contributed by atoms with Crippen molar-refractivity contribution in [2.45, 2.75) is 22.3 Å². The summed E-state index contributed by atoms with van der Waals surface area (Å²) in [6.07, 6.45) is 1.21. The van der Waals surface area contributed by atoms with E-state index in [1.165, 1.54) is 6.26 Å². The first-order valence-corrected chi connectivity index (χ1v) is 11.0. The van der Waals surface area contributed by atoms with Gasteiger partial charge in [-0.05, 0) is 17.7 Å². The molecule has 0 spiro atoms. The Labute approximate surface area is 157 Å². The fourth-order valence-corrected chi connectivity index (χ4v) is 4.06. The Morgan fingerprint density at radius 3 is 2.35 bits per heavy atom. The van der Waals surface area contributed by atoms with E-state index in [0.29, 0.717) is 23.7 Å². The van der Waals surface area contributed by atoms with Crippen LogP contribution in [0.3, 0.4) is 0 Å². The van der Waals surface area contributed by atoms with E-state index >= 15 is 0 Å². The molecule has 0 aliphatic heterocycles. The largest absolute Gasteiger partial charge is 0.329 e. The summed E-state index contributed by atoms with van der Waals surface area (Å²) in [5, 5.41) is 9.42. The zero-order valence-corrected chi connectivity index (χ0v) is 16.0. The van der Waals surface area contributed by atoms with Crippen LogP contribution in [-0.2, 0) is 22.1 Å². The summed E-state index contributed by atoms with van der Waals surface area (Å²) >= 11 is 1.55. The maximum absolute atomic E-state index is 11.5. The van der Waals surface area contributed by atoms with Gasteiger partial charge < -0.3 is 10.3 Å². The van der Waals surface area contributed by atoms with E-state index in [9.17, 15) is 8.42 Å². The van der Waals surface area contributed by atoms with Crippen LogP contribution in [0, 0.1) is 0 Å². The van der Waals surface area contributed by atoms with Crippen LogP contribution in [0.15, 0.2) is 64.6 Å². The van der Waals surface area contributed by atoms with E-state index in [-0.39, 0.29) is 0 Å². The van der Waals surface area contributed by atoms with Crippen LogP contribution in [0.5, 0.6) is 0 Å². The smallest absolute Gasteiger partial charge is 0.191 e. The van der Waals surface area contributed by atoms with Gasteiger partial charge in [-0.2, -0.15) is 0 Å². The zero-order chi connectivity index (χ0) is 18.6. The van der Waals surface area contributed by atoms with Gasteiger partial charge in [-0.15, -0.1) is 10.2 Å². The molecule has 136 valence electrons. The van der Waals surface area contributed by atoms with Gasteiger partial charge in [0.25, 0.3) is 0 Å². The minimum absolute atomic E-state index is 0.323. The Kier molecular flexibility index (Phi) is 5.75. The molecule has 0 saturated heterocycles. The highest BCUT2D eigenvalue weighted by Gasteiger charge is 2.14. The maximum atomic E-state index is 11.5. The number of nitrogens with two attached hydrogens (primary N) is 1. The minimum Gasteiger partial charge on any atom is -0.329 e. The summed E-state index contributed by atoms with van der Waals surface area (Å²) in [4.78, 5) is 0.323. The van der Waals surface area contributed by atoms with Crippen molar-refractivity contribution in [3.8, 4) is 11.4 Å². The minimum atomic E-state index is -3.18. The molecule has 2 aromatic carbocycles. The van der Waals surface area contributed by atoms with Crippen molar-refractivity contribution in [2.75, 3.05) is 12.8 Å². The molecular weight excluding hydrogens is 368 g/mol. The van der Waals surface area contributed by atoms with Crippen molar-refractivity contribution in [3.05, 3.63) is 60.2 Å². The van der Waals surface area contributed by atoms with Crippen molar-refractivity contribution in [1.29, 1.82) is 0 Å². The lowest BCUT2D eigenvalue weighted by Crippen LogP contribution is -2.12. The second-order valence-corrected chi connectivity index (χ2v) is 8.78. The SMILES string of the molecule is CS(=O)(=O)c1ccc(CSc2nnc(-c3ccccc3)n2CCN)cc1. The Hall–Kier alpha value is -2.16. The van der Waals surface area contributed by atoms with Crippen LogP contribution in [0.25, 0.3) is 11.4 Å². The van der Waals surface area contributed by atoms with Gasteiger partial charge in [-0.3, -0.25) is 0 Å². The number of rotatable bonds is 7. The number of thioether (sulfide) groups is 1. The lowest BCUT2D eigenvalue weighted by atomic mass is 10.2. The third-order valence-corrected chi connectivity index (χ3v) is 5.99. The van der Waals surface area contributed by atoms with Gasteiger partial charge >= 0.3 is 0 Å². The van der Waals surface area contributed by atoms with E-state index in [0.717, 1.165) is 22.1 Å². The molecule has 1 heterocycles. The Morgan fingerprint density at radius 1 is 1.04 bits per heavy atom. The molecule has 0 atom stereocenters. The van der Waals surface area contributed by atoms with Gasteiger partial charge in [0.05, 0.1) is 4.90 Å². The second kappa shape index (κ2) is 8.03. The fourth-order valence-electron chi connectivity index (χ4n) is 2.51. The molecule has 3 aromatic rings. The third-order valence-electron chi connectivity index (χ3n) is 3.82. The molecule has 1 aromatic heterocycles. The Bertz CT molecular complexity index is 968. The Morgan fingerprint density at radius 2 is 1.73 bits per heavy atom. The van der Waals surface area contributed by atoms with Gasteiger partial charge in [-0.1, -0.05) is 54.2 Å². The molecule has 3 rings (SSSR count). The molecule has 0 fully saturated rings. The highest BCUT2D eigenvalue weighted by atomic mass is 32.2. The quantitative estimate of drug-likeness (QED) is 0.626. The molecular formula is C18H20N4O2S2. The van der Waals surface area contributed by atoms with E-state index < -0.39 is 9.84 Å². The average Bonchev–Trinajstić information content (AvgIpc) is 3.03. The average molecular weight is 389 g/mol.